The van der Waals surface area contributed by atoms with Crippen LogP contribution in [0.2, 0.25) is 0 Å². The Balaban J connectivity index is 1.53. The maximum Gasteiger partial charge on any atom is 0.239 e. The highest BCUT2D eigenvalue weighted by Gasteiger charge is 2.13. The van der Waals surface area contributed by atoms with Gasteiger partial charge in [0, 0.05) is 11.1 Å². The van der Waals surface area contributed by atoms with E-state index in [9.17, 15) is 13.2 Å². The molecule has 0 unspecified atom stereocenters. The predicted octanol–water partition coefficient (Wildman–Crippen LogP) is 3.01. The second kappa shape index (κ2) is 7.85. The lowest BCUT2D eigenvalue weighted by molar-refractivity contribution is -0.115. The van der Waals surface area contributed by atoms with Crippen molar-refractivity contribution in [3.8, 4) is 0 Å². The third-order valence-corrected chi connectivity index (χ3v) is 5.37. The van der Waals surface area contributed by atoms with Crippen LogP contribution in [-0.4, -0.2) is 20.9 Å². The van der Waals surface area contributed by atoms with Crippen LogP contribution in [-0.2, 0) is 27.7 Å². The topological polar surface area (TPSA) is 75.3 Å². The molecule has 1 aliphatic rings. The van der Waals surface area contributed by atoms with Gasteiger partial charge in [0.25, 0.3) is 0 Å². The van der Waals surface area contributed by atoms with Gasteiger partial charge in [-0.15, -0.1) is 0 Å². The molecule has 2 N–H and O–H groups in total. The summed E-state index contributed by atoms with van der Waals surface area (Å²) in [5.41, 5.74) is 5.16. The van der Waals surface area contributed by atoms with Crippen molar-refractivity contribution in [2.75, 3.05) is 11.9 Å². The van der Waals surface area contributed by atoms with Crippen molar-refractivity contribution < 1.29 is 13.2 Å². The molecule has 0 aromatic heterocycles. The van der Waals surface area contributed by atoms with Crippen LogP contribution in [0.5, 0.6) is 0 Å². The van der Waals surface area contributed by atoms with Crippen molar-refractivity contribution in [1.82, 2.24) is 4.72 Å². The summed E-state index contributed by atoms with van der Waals surface area (Å²) in [6, 6.07) is 13.3. The van der Waals surface area contributed by atoms with Crippen molar-refractivity contribution in [1.29, 1.82) is 0 Å². The minimum Gasteiger partial charge on any atom is -0.325 e. The molecule has 0 fully saturated rings. The van der Waals surface area contributed by atoms with Gasteiger partial charge in [-0.2, -0.15) is 0 Å². The van der Waals surface area contributed by atoms with Crippen molar-refractivity contribution in [2.45, 2.75) is 26.2 Å². The minimum atomic E-state index is -3.68. The highest BCUT2D eigenvalue weighted by molar-refractivity contribution is 7.92. The van der Waals surface area contributed by atoms with Gasteiger partial charge in [-0.25, -0.2) is 13.1 Å². The average Bonchev–Trinajstić information content (AvgIpc) is 3.07. The molecule has 1 amide bonds. The Morgan fingerprint density at radius 1 is 1.08 bits per heavy atom. The number of rotatable bonds is 6. The number of aryl methyl sites for hydroxylation is 3. The summed E-state index contributed by atoms with van der Waals surface area (Å²) in [5, 5.41) is 3.80. The highest BCUT2D eigenvalue weighted by Crippen LogP contribution is 2.24. The Labute approximate surface area is 154 Å². The van der Waals surface area contributed by atoms with Crippen molar-refractivity contribution in [2.24, 2.45) is 0 Å². The Morgan fingerprint density at radius 2 is 1.81 bits per heavy atom. The number of sulfonamides is 1. The number of carbonyl (C=O) groups excluding carboxylic acids is 1. The molecule has 0 saturated heterocycles. The fourth-order valence-corrected chi connectivity index (χ4v) is 3.68. The molecule has 3 rings (SSSR count). The summed E-state index contributed by atoms with van der Waals surface area (Å²) < 4.78 is 26.3. The molecule has 0 saturated carbocycles. The zero-order valence-electron chi connectivity index (χ0n) is 14.7. The number of carbonyl (C=O) groups is 1. The number of benzene rings is 2. The summed E-state index contributed by atoms with van der Waals surface area (Å²) in [4.78, 5) is 12.0. The first-order valence-electron chi connectivity index (χ1n) is 8.57. The van der Waals surface area contributed by atoms with Crippen molar-refractivity contribution in [3.63, 3.8) is 0 Å². The molecule has 0 aliphatic heterocycles. The quantitative estimate of drug-likeness (QED) is 0.821. The summed E-state index contributed by atoms with van der Waals surface area (Å²) in [6.07, 6.45) is 4.74. The molecule has 1 aliphatic carbocycles. The molecule has 0 atom stereocenters. The van der Waals surface area contributed by atoms with Crippen LogP contribution in [0.15, 0.2) is 47.9 Å². The second-order valence-electron chi connectivity index (χ2n) is 6.46. The lowest BCUT2D eigenvalue weighted by Crippen LogP contribution is -2.31. The normalized spacial score (nSPS) is 13.7. The maximum atomic E-state index is 12.0. The lowest BCUT2D eigenvalue weighted by atomic mass is 10.1. The monoisotopic (exact) mass is 370 g/mol. The fraction of sp³-hybridized carbons (Fsp3) is 0.250. The van der Waals surface area contributed by atoms with Crippen molar-refractivity contribution >= 4 is 27.7 Å². The van der Waals surface area contributed by atoms with Crippen LogP contribution in [0, 0.1) is 6.92 Å². The van der Waals surface area contributed by atoms with Crippen LogP contribution >= 0.6 is 0 Å². The Bertz CT molecular complexity index is 932. The van der Waals surface area contributed by atoms with E-state index in [1.54, 1.807) is 0 Å². The summed E-state index contributed by atoms with van der Waals surface area (Å²) in [5.74, 6) is -0.393. The molecule has 2 aromatic carbocycles. The van der Waals surface area contributed by atoms with Gasteiger partial charge in [0.2, 0.25) is 15.9 Å². The smallest absolute Gasteiger partial charge is 0.239 e. The fourth-order valence-electron chi connectivity index (χ4n) is 2.91. The summed E-state index contributed by atoms with van der Waals surface area (Å²) in [7, 11) is -3.68. The van der Waals surface area contributed by atoms with Crippen LogP contribution in [0.4, 0.5) is 5.69 Å². The molecule has 136 valence electrons. The first-order valence-corrected chi connectivity index (χ1v) is 10.1. The Kier molecular flexibility index (Phi) is 5.54. The molecule has 2 aromatic rings. The first-order chi connectivity index (χ1) is 12.4. The van der Waals surface area contributed by atoms with E-state index >= 15 is 0 Å². The van der Waals surface area contributed by atoms with Crippen LogP contribution in [0.25, 0.3) is 6.08 Å². The zero-order chi connectivity index (χ0) is 18.6. The van der Waals surface area contributed by atoms with E-state index in [2.05, 4.69) is 10.0 Å². The van der Waals surface area contributed by atoms with Gasteiger partial charge in [-0.05, 0) is 61.1 Å². The molecule has 0 spiro atoms. The molecule has 5 nitrogen and oxygen atoms in total. The molecule has 0 radical (unpaired) electrons. The molecular weight excluding hydrogens is 348 g/mol. The number of hydrogen-bond donors (Lipinski definition) is 2. The highest BCUT2D eigenvalue weighted by atomic mass is 32.2. The van der Waals surface area contributed by atoms with E-state index in [-0.39, 0.29) is 6.54 Å². The van der Waals surface area contributed by atoms with Crippen molar-refractivity contribution in [3.05, 3.63) is 70.1 Å². The van der Waals surface area contributed by atoms with E-state index < -0.39 is 15.9 Å². The SMILES string of the molecule is Cc1ccc(/C=C/S(=O)(=O)NCC(=O)Nc2ccc3c(c2)CCC3)cc1. The summed E-state index contributed by atoms with van der Waals surface area (Å²) >= 11 is 0. The van der Waals surface area contributed by atoms with Gasteiger partial charge >= 0.3 is 0 Å². The third-order valence-electron chi connectivity index (χ3n) is 4.33. The molecular formula is C20H22N2O3S. The van der Waals surface area contributed by atoms with Gasteiger partial charge in [-0.3, -0.25) is 4.79 Å². The predicted molar refractivity (Wildman–Crippen MR) is 104 cm³/mol. The summed E-state index contributed by atoms with van der Waals surface area (Å²) in [6.45, 7) is 1.66. The van der Waals surface area contributed by atoms with Gasteiger partial charge < -0.3 is 5.32 Å². The maximum absolute atomic E-state index is 12.0. The van der Waals surface area contributed by atoms with E-state index in [1.165, 1.54) is 17.2 Å². The Morgan fingerprint density at radius 3 is 2.58 bits per heavy atom. The molecule has 6 heteroatoms. The second-order valence-corrected chi connectivity index (χ2v) is 8.12. The van der Waals surface area contributed by atoms with Gasteiger partial charge in [-0.1, -0.05) is 35.9 Å². The number of amides is 1. The number of fused-ring (bicyclic) bond motifs is 1. The van der Waals surface area contributed by atoms with E-state index in [0.717, 1.165) is 35.8 Å². The van der Waals surface area contributed by atoms with Gasteiger partial charge in [0.15, 0.2) is 0 Å². The third kappa shape index (κ3) is 5.03. The largest absolute Gasteiger partial charge is 0.325 e. The van der Waals surface area contributed by atoms with E-state index in [1.807, 2.05) is 49.4 Å². The molecule has 26 heavy (non-hydrogen) atoms. The van der Waals surface area contributed by atoms with Crippen LogP contribution in [0.1, 0.15) is 28.7 Å². The molecule has 0 heterocycles. The zero-order valence-corrected chi connectivity index (χ0v) is 15.5. The first kappa shape index (κ1) is 18.4. The standard InChI is InChI=1S/C20H22N2O3S/c1-15-5-7-16(8-6-15)11-12-26(24,25)21-14-20(23)22-19-10-9-17-3-2-4-18(17)13-19/h5-13,21H,2-4,14H2,1H3,(H,22,23)/b12-11+. The van der Waals surface area contributed by atoms with E-state index in [0.29, 0.717) is 5.69 Å². The minimum absolute atomic E-state index is 0.308. The van der Waals surface area contributed by atoms with Crippen LogP contribution in [0.3, 0.4) is 0 Å². The average molecular weight is 370 g/mol. The van der Waals surface area contributed by atoms with E-state index in [4.69, 9.17) is 0 Å². The lowest BCUT2D eigenvalue weighted by Gasteiger charge is -2.08. The Hall–Kier alpha value is -2.44. The number of hydrogen-bond acceptors (Lipinski definition) is 3. The van der Waals surface area contributed by atoms with Gasteiger partial charge in [0.1, 0.15) is 0 Å². The number of anilines is 1. The van der Waals surface area contributed by atoms with Gasteiger partial charge in [0.05, 0.1) is 6.54 Å². The van der Waals surface area contributed by atoms with Crippen LogP contribution < -0.4 is 10.0 Å². The number of nitrogens with one attached hydrogen (secondary N) is 2. The molecule has 0 bridgehead atoms.